The van der Waals surface area contributed by atoms with Crippen molar-refractivity contribution in [3.63, 3.8) is 0 Å². The van der Waals surface area contributed by atoms with E-state index in [1.54, 1.807) is 0 Å². The van der Waals surface area contributed by atoms with E-state index in [1.165, 1.54) is 11.6 Å². The highest BCUT2D eigenvalue weighted by Gasteiger charge is 2.37. The largest absolute Gasteiger partial charge is 0.465 e. The summed E-state index contributed by atoms with van der Waals surface area (Å²) >= 11 is 0. The molecule has 1 amide bonds. The van der Waals surface area contributed by atoms with E-state index in [1.807, 2.05) is 44.2 Å². The molecule has 3 nitrogen and oxygen atoms in total. The molecule has 0 aromatic heterocycles. The van der Waals surface area contributed by atoms with Gasteiger partial charge < -0.3 is 10.4 Å². The van der Waals surface area contributed by atoms with Crippen LogP contribution in [-0.2, 0) is 12.8 Å². The average molecular weight is 341 g/mol. The Bertz CT molecular complexity index is 796. The van der Waals surface area contributed by atoms with Crippen LogP contribution in [0.4, 0.5) is 9.18 Å². The highest BCUT2D eigenvalue weighted by atomic mass is 19.1. The van der Waals surface area contributed by atoms with E-state index in [0.29, 0.717) is 5.56 Å². The van der Waals surface area contributed by atoms with Gasteiger partial charge in [0.15, 0.2) is 0 Å². The highest BCUT2D eigenvalue weighted by molar-refractivity contribution is 5.68. The van der Waals surface area contributed by atoms with Crippen molar-refractivity contribution >= 4 is 6.09 Å². The lowest BCUT2D eigenvalue weighted by atomic mass is 9.70. The fourth-order valence-electron chi connectivity index (χ4n) is 3.68. The third kappa shape index (κ3) is 3.39. The van der Waals surface area contributed by atoms with Crippen molar-refractivity contribution in [2.45, 2.75) is 46.1 Å². The number of halogens is 1. The van der Waals surface area contributed by atoms with Gasteiger partial charge in [0, 0.05) is 5.56 Å². The number of fused-ring (bicyclic) bond motifs is 1. The zero-order valence-electron chi connectivity index (χ0n) is 14.9. The fraction of sp³-hybridized carbons (Fsp3) is 0.381. The summed E-state index contributed by atoms with van der Waals surface area (Å²) < 4.78 is 14.8. The molecule has 0 bridgehead atoms. The monoisotopic (exact) mass is 341 g/mol. The number of rotatable bonds is 3. The molecule has 2 aromatic rings. The Morgan fingerprint density at radius 3 is 2.56 bits per heavy atom. The first-order chi connectivity index (χ1) is 11.8. The molecule has 2 N–H and O–H groups in total. The number of benzene rings is 2. The Morgan fingerprint density at radius 1 is 1.28 bits per heavy atom. The maximum atomic E-state index is 14.8. The minimum Gasteiger partial charge on any atom is -0.465 e. The topological polar surface area (TPSA) is 49.3 Å². The number of aryl methyl sites for hydroxylation is 2. The molecule has 25 heavy (non-hydrogen) atoms. The second-order valence-electron chi connectivity index (χ2n) is 7.45. The van der Waals surface area contributed by atoms with Crippen molar-refractivity contribution in [3.05, 3.63) is 58.9 Å². The Balaban J connectivity index is 2.05. The zero-order valence-corrected chi connectivity index (χ0v) is 14.9. The van der Waals surface area contributed by atoms with Crippen LogP contribution in [0.1, 0.15) is 49.9 Å². The Hall–Kier alpha value is -2.36. The minimum atomic E-state index is -1.08. The van der Waals surface area contributed by atoms with Gasteiger partial charge in [-0.2, -0.15) is 0 Å². The molecule has 132 valence electrons. The lowest BCUT2D eigenvalue weighted by molar-refractivity contribution is 0.161. The van der Waals surface area contributed by atoms with Crippen LogP contribution in [-0.4, -0.2) is 11.2 Å². The average Bonchev–Trinajstić information content (AvgIpc) is 2.57. The molecule has 0 saturated heterocycles. The molecule has 1 atom stereocenters. The van der Waals surface area contributed by atoms with Crippen LogP contribution in [0.2, 0.25) is 0 Å². The van der Waals surface area contributed by atoms with Gasteiger partial charge in [-0.05, 0) is 59.1 Å². The van der Waals surface area contributed by atoms with Crippen LogP contribution >= 0.6 is 0 Å². The van der Waals surface area contributed by atoms with Crippen LogP contribution in [0.5, 0.6) is 0 Å². The van der Waals surface area contributed by atoms with Gasteiger partial charge in [0.2, 0.25) is 0 Å². The summed E-state index contributed by atoms with van der Waals surface area (Å²) in [7, 11) is 0. The van der Waals surface area contributed by atoms with E-state index in [9.17, 15) is 9.18 Å². The Morgan fingerprint density at radius 2 is 1.96 bits per heavy atom. The van der Waals surface area contributed by atoms with E-state index in [0.717, 1.165) is 36.0 Å². The molecular weight excluding hydrogens is 317 g/mol. The van der Waals surface area contributed by atoms with Crippen molar-refractivity contribution < 1.29 is 14.3 Å². The number of carboxylic acid groups (broad SMARTS) is 1. The predicted molar refractivity (Wildman–Crippen MR) is 97.2 cm³/mol. The molecule has 0 radical (unpaired) electrons. The van der Waals surface area contributed by atoms with Gasteiger partial charge in [-0.3, -0.25) is 0 Å². The molecule has 0 saturated carbocycles. The quantitative estimate of drug-likeness (QED) is 0.792. The number of nitrogens with one attached hydrogen (secondary N) is 1. The molecule has 0 aliphatic heterocycles. The minimum absolute atomic E-state index is 0.248. The summed E-state index contributed by atoms with van der Waals surface area (Å²) in [6.45, 7) is 6.13. The smallest absolute Gasteiger partial charge is 0.405 e. The normalized spacial score (nSPS) is 18.5. The summed E-state index contributed by atoms with van der Waals surface area (Å²) in [6.07, 6.45) is 1.54. The van der Waals surface area contributed by atoms with Crippen LogP contribution in [0.15, 0.2) is 36.4 Å². The molecule has 0 spiro atoms. The first kappa shape index (κ1) is 17.5. The van der Waals surface area contributed by atoms with Crippen molar-refractivity contribution in [2.24, 2.45) is 5.41 Å². The standard InChI is InChI=1S/C21H24FNO2/c1-4-13-5-7-14(8-6-13)16-11-15-9-10-21(2,3)19(23-20(24)25)17(15)12-18(16)22/h5-8,11-12,19,23H,4,9-10H2,1-3H3,(H,24,25)/t19-/m0/s1. The summed E-state index contributed by atoms with van der Waals surface area (Å²) in [6, 6.07) is 10.9. The van der Waals surface area contributed by atoms with E-state index < -0.39 is 12.1 Å². The lowest BCUT2D eigenvalue weighted by Crippen LogP contribution is -2.40. The summed E-state index contributed by atoms with van der Waals surface area (Å²) in [5.41, 5.74) is 4.18. The lowest BCUT2D eigenvalue weighted by Gasteiger charge is -2.40. The second-order valence-corrected chi connectivity index (χ2v) is 7.45. The maximum absolute atomic E-state index is 14.8. The first-order valence-electron chi connectivity index (χ1n) is 8.73. The molecule has 0 fully saturated rings. The highest BCUT2D eigenvalue weighted by Crippen LogP contribution is 2.45. The van der Waals surface area contributed by atoms with Crippen molar-refractivity contribution in [3.8, 4) is 11.1 Å². The first-order valence-corrected chi connectivity index (χ1v) is 8.73. The third-order valence-corrected chi connectivity index (χ3v) is 5.30. The molecule has 0 unspecified atom stereocenters. The molecule has 2 aromatic carbocycles. The maximum Gasteiger partial charge on any atom is 0.405 e. The van der Waals surface area contributed by atoms with Crippen LogP contribution in [0, 0.1) is 11.2 Å². The summed E-state index contributed by atoms with van der Waals surface area (Å²) in [4.78, 5) is 11.2. The number of amides is 1. The van der Waals surface area contributed by atoms with Crippen LogP contribution < -0.4 is 5.32 Å². The third-order valence-electron chi connectivity index (χ3n) is 5.30. The van der Waals surface area contributed by atoms with Gasteiger partial charge in [0.05, 0.1) is 6.04 Å². The summed E-state index contributed by atoms with van der Waals surface area (Å²) in [5.74, 6) is -0.308. The predicted octanol–water partition coefficient (Wildman–Crippen LogP) is 5.34. The molecule has 1 aliphatic carbocycles. The fourth-order valence-corrected chi connectivity index (χ4v) is 3.68. The Kier molecular flexibility index (Phi) is 4.55. The van der Waals surface area contributed by atoms with Gasteiger partial charge in [0.25, 0.3) is 0 Å². The van der Waals surface area contributed by atoms with Crippen LogP contribution in [0.25, 0.3) is 11.1 Å². The Labute approximate surface area is 147 Å². The second kappa shape index (κ2) is 6.51. The van der Waals surface area contributed by atoms with Gasteiger partial charge >= 0.3 is 6.09 Å². The molecular formula is C21H24FNO2. The van der Waals surface area contributed by atoms with Gasteiger partial charge in [-0.1, -0.05) is 45.0 Å². The van der Waals surface area contributed by atoms with E-state index >= 15 is 0 Å². The summed E-state index contributed by atoms with van der Waals surface area (Å²) in [5, 5.41) is 11.7. The SMILES string of the molecule is CCc1ccc(-c2cc3c(cc2F)[C@H](NC(=O)O)C(C)(C)CC3)cc1. The van der Waals surface area contributed by atoms with Crippen molar-refractivity contribution in [2.75, 3.05) is 0 Å². The van der Waals surface area contributed by atoms with Crippen molar-refractivity contribution in [1.29, 1.82) is 0 Å². The van der Waals surface area contributed by atoms with Crippen LogP contribution in [0.3, 0.4) is 0 Å². The molecule has 0 heterocycles. The van der Waals surface area contributed by atoms with Gasteiger partial charge in [0.1, 0.15) is 5.82 Å². The van der Waals surface area contributed by atoms with E-state index in [4.69, 9.17) is 5.11 Å². The zero-order chi connectivity index (χ0) is 18.2. The van der Waals surface area contributed by atoms with Gasteiger partial charge in [-0.25, -0.2) is 9.18 Å². The van der Waals surface area contributed by atoms with E-state index in [2.05, 4.69) is 12.2 Å². The van der Waals surface area contributed by atoms with Crippen molar-refractivity contribution in [1.82, 2.24) is 5.32 Å². The molecule has 1 aliphatic rings. The molecule has 4 heteroatoms. The number of carbonyl (C=O) groups is 1. The number of hydrogen-bond acceptors (Lipinski definition) is 1. The molecule has 3 rings (SSSR count). The van der Waals surface area contributed by atoms with Gasteiger partial charge in [-0.15, -0.1) is 0 Å². The van der Waals surface area contributed by atoms with E-state index in [-0.39, 0.29) is 11.2 Å². The number of hydrogen-bond donors (Lipinski definition) is 2.